The van der Waals surface area contributed by atoms with Gasteiger partial charge < -0.3 is 19.4 Å². The van der Waals surface area contributed by atoms with Gasteiger partial charge in [-0.3, -0.25) is 0 Å². The van der Waals surface area contributed by atoms with Gasteiger partial charge in [0.15, 0.2) is 0 Å². The molecule has 0 fully saturated rings. The normalized spacial score (nSPS) is 11.0. The molecule has 0 atom stereocenters. The van der Waals surface area contributed by atoms with Crippen LogP contribution in [0.2, 0.25) is 0 Å². The number of likely N-dealkylation sites (N-methyl/N-ethyl adjacent to an activating group) is 1. The molecule has 0 saturated heterocycles. The van der Waals surface area contributed by atoms with Crippen molar-refractivity contribution in [2.45, 2.75) is 40.2 Å². The van der Waals surface area contributed by atoms with Crippen molar-refractivity contribution in [1.82, 2.24) is 14.7 Å². The number of rotatable bonds is 13. The summed E-state index contributed by atoms with van der Waals surface area (Å²) in [5, 5.41) is 0. The third kappa shape index (κ3) is 8.62. The van der Waals surface area contributed by atoms with Crippen LogP contribution >= 0.6 is 0 Å². The van der Waals surface area contributed by atoms with Crippen molar-refractivity contribution < 1.29 is 9.53 Å². The summed E-state index contributed by atoms with van der Waals surface area (Å²) in [5.41, 5.74) is 1.26. The second-order valence-electron chi connectivity index (χ2n) is 7.98. The first-order valence-corrected chi connectivity index (χ1v) is 11.5. The van der Waals surface area contributed by atoms with Gasteiger partial charge in [-0.1, -0.05) is 62.4 Å². The summed E-state index contributed by atoms with van der Waals surface area (Å²) in [6, 6.07) is 20.4. The third-order valence-electron chi connectivity index (χ3n) is 5.58. The monoisotopic (exact) mass is 425 g/mol. The fraction of sp³-hybridized carbons (Fsp3) is 0.500. The summed E-state index contributed by atoms with van der Waals surface area (Å²) < 4.78 is 5.86. The highest BCUT2D eigenvalue weighted by molar-refractivity contribution is 5.74. The van der Waals surface area contributed by atoms with Gasteiger partial charge in [0.25, 0.3) is 0 Å². The minimum Gasteiger partial charge on any atom is -0.492 e. The van der Waals surface area contributed by atoms with Gasteiger partial charge in [-0.25, -0.2) is 4.79 Å². The molecule has 0 aliphatic heterocycles. The van der Waals surface area contributed by atoms with E-state index in [0.29, 0.717) is 19.7 Å². The van der Waals surface area contributed by atoms with E-state index in [4.69, 9.17) is 4.74 Å². The van der Waals surface area contributed by atoms with Gasteiger partial charge in [0.2, 0.25) is 0 Å². The Bertz CT molecular complexity index is 733. The van der Waals surface area contributed by atoms with Crippen LogP contribution in [-0.4, -0.2) is 72.6 Å². The highest BCUT2D eigenvalue weighted by Gasteiger charge is 2.23. The number of hydrogen-bond acceptors (Lipinski definition) is 3. The molecular weight excluding hydrogens is 386 g/mol. The van der Waals surface area contributed by atoms with Crippen LogP contribution in [0.25, 0.3) is 0 Å². The van der Waals surface area contributed by atoms with E-state index < -0.39 is 0 Å². The van der Waals surface area contributed by atoms with Crippen molar-refractivity contribution in [3.05, 3.63) is 66.2 Å². The Morgan fingerprint density at radius 2 is 1.45 bits per heavy atom. The molecule has 0 aliphatic carbocycles. The van der Waals surface area contributed by atoms with Gasteiger partial charge in [-0.05, 0) is 51.1 Å². The van der Waals surface area contributed by atoms with Crippen LogP contribution in [-0.2, 0) is 6.42 Å². The lowest BCUT2D eigenvalue weighted by Crippen LogP contribution is -2.50. The molecular formula is C26H39N3O2. The minimum atomic E-state index is 0.0924. The lowest BCUT2D eigenvalue weighted by atomic mass is 10.1. The molecule has 2 rings (SSSR count). The lowest BCUT2D eigenvalue weighted by Gasteiger charge is -2.34. The van der Waals surface area contributed by atoms with Crippen molar-refractivity contribution >= 4 is 6.03 Å². The molecule has 5 heteroatoms. The molecule has 2 aromatic rings. The fourth-order valence-corrected chi connectivity index (χ4v) is 3.55. The Morgan fingerprint density at radius 1 is 0.839 bits per heavy atom. The number of hydrogen-bond donors (Lipinski definition) is 0. The maximum atomic E-state index is 13.5. The summed E-state index contributed by atoms with van der Waals surface area (Å²) >= 11 is 0. The molecule has 0 aliphatic rings. The Kier molecular flexibility index (Phi) is 10.9. The molecule has 0 N–H and O–H groups in total. The van der Waals surface area contributed by atoms with Gasteiger partial charge >= 0.3 is 6.03 Å². The summed E-state index contributed by atoms with van der Waals surface area (Å²) in [7, 11) is 0. The van der Waals surface area contributed by atoms with Gasteiger partial charge in [-0.15, -0.1) is 0 Å². The first-order valence-electron chi connectivity index (χ1n) is 11.5. The largest absolute Gasteiger partial charge is 0.492 e. The number of ether oxygens (including phenoxy) is 1. The first kappa shape index (κ1) is 24.7. The molecule has 0 heterocycles. The Balaban J connectivity index is 2.02. The third-order valence-corrected chi connectivity index (χ3v) is 5.58. The maximum Gasteiger partial charge on any atom is 0.320 e. The van der Waals surface area contributed by atoms with Crippen LogP contribution in [0.3, 0.4) is 0 Å². The van der Waals surface area contributed by atoms with E-state index in [1.165, 1.54) is 5.56 Å². The average Bonchev–Trinajstić information content (AvgIpc) is 2.80. The highest BCUT2D eigenvalue weighted by Crippen LogP contribution is 2.11. The molecule has 31 heavy (non-hydrogen) atoms. The molecule has 2 amide bonds. The Hall–Kier alpha value is -2.53. The van der Waals surface area contributed by atoms with E-state index >= 15 is 0 Å². The van der Waals surface area contributed by atoms with Gasteiger partial charge in [0, 0.05) is 25.7 Å². The number of urea groups is 1. The van der Waals surface area contributed by atoms with E-state index in [-0.39, 0.29) is 12.1 Å². The van der Waals surface area contributed by atoms with Crippen molar-refractivity contribution in [1.29, 1.82) is 0 Å². The molecule has 0 bridgehead atoms. The number of carbonyl (C=O) groups is 1. The molecule has 5 nitrogen and oxygen atoms in total. The van der Waals surface area contributed by atoms with Crippen LogP contribution in [0.15, 0.2) is 60.7 Å². The predicted octanol–water partition coefficient (Wildman–Crippen LogP) is 4.78. The molecule has 2 aromatic carbocycles. The van der Waals surface area contributed by atoms with Crippen molar-refractivity contribution in [2.24, 2.45) is 0 Å². The van der Waals surface area contributed by atoms with Gasteiger partial charge in [-0.2, -0.15) is 0 Å². The van der Waals surface area contributed by atoms with E-state index in [0.717, 1.165) is 38.3 Å². The zero-order valence-electron chi connectivity index (χ0n) is 19.7. The second-order valence-corrected chi connectivity index (χ2v) is 7.98. The summed E-state index contributed by atoms with van der Waals surface area (Å²) in [6.07, 6.45) is 0.858. The number of carbonyl (C=O) groups excluding carboxylic acids is 1. The molecule has 0 radical (unpaired) electrons. The van der Waals surface area contributed by atoms with Crippen molar-refractivity contribution in [3.8, 4) is 5.75 Å². The molecule has 0 spiro atoms. The maximum absolute atomic E-state index is 13.5. The smallest absolute Gasteiger partial charge is 0.320 e. The second kappa shape index (κ2) is 13.7. The zero-order chi connectivity index (χ0) is 22.5. The minimum absolute atomic E-state index is 0.0924. The summed E-state index contributed by atoms with van der Waals surface area (Å²) in [6.45, 7) is 13.9. The van der Waals surface area contributed by atoms with Crippen LogP contribution in [0, 0.1) is 0 Å². The predicted molar refractivity (Wildman–Crippen MR) is 129 cm³/mol. The van der Waals surface area contributed by atoms with E-state index in [9.17, 15) is 4.79 Å². The Morgan fingerprint density at radius 3 is 2.03 bits per heavy atom. The standard InChI is InChI=1S/C26H39N3O2/c1-5-27(6-2)19-20-28(18-17-24-13-9-7-10-14-24)26(30)29(23(3)4)21-22-31-25-15-11-8-12-16-25/h7-16,23H,5-6,17-22H2,1-4H3. The molecule has 0 saturated carbocycles. The zero-order valence-corrected chi connectivity index (χ0v) is 19.7. The molecule has 0 unspecified atom stereocenters. The summed E-state index contributed by atoms with van der Waals surface area (Å²) in [5.74, 6) is 0.834. The van der Waals surface area contributed by atoms with E-state index in [2.05, 4.69) is 56.9 Å². The summed E-state index contributed by atoms with van der Waals surface area (Å²) in [4.78, 5) is 19.8. The highest BCUT2D eigenvalue weighted by atomic mass is 16.5. The van der Waals surface area contributed by atoms with Gasteiger partial charge in [0.1, 0.15) is 12.4 Å². The topological polar surface area (TPSA) is 36.0 Å². The van der Waals surface area contributed by atoms with E-state index in [1.807, 2.05) is 46.2 Å². The number of para-hydroxylation sites is 1. The van der Waals surface area contributed by atoms with Crippen molar-refractivity contribution in [2.75, 3.05) is 45.9 Å². The SMILES string of the molecule is CCN(CC)CCN(CCc1ccccc1)C(=O)N(CCOc1ccccc1)C(C)C. The quantitative estimate of drug-likeness (QED) is 0.463. The van der Waals surface area contributed by atoms with Crippen LogP contribution < -0.4 is 4.74 Å². The fourth-order valence-electron chi connectivity index (χ4n) is 3.55. The van der Waals surface area contributed by atoms with E-state index in [1.54, 1.807) is 0 Å². The number of nitrogens with zero attached hydrogens (tertiary/aromatic N) is 3. The van der Waals surface area contributed by atoms with Crippen LogP contribution in [0.1, 0.15) is 33.3 Å². The van der Waals surface area contributed by atoms with Crippen LogP contribution in [0.4, 0.5) is 4.79 Å². The average molecular weight is 426 g/mol. The van der Waals surface area contributed by atoms with Crippen LogP contribution in [0.5, 0.6) is 5.75 Å². The van der Waals surface area contributed by atoms with Gasteiger partial charge in [0.05, 0.1) is 6.54 Å². The Labute approximate surface area is 188 Å². The number of amides is 2. The molecule has 170 valence electrons. The lowest BCUT2D eigenvalue weighted by molar-refractivity contribution is 0.124. The first-order chi connectivity index (χ1) is 15.0. The number of benzene rings is 2. The van der Waals surface area contributed by atoms with Crippen molar-refractivity contribution in [3.63, 3.8) is 0 Å². The molecule has 0 aromatic heterocycles.